The van der Waals surface area contributed by atoms with Crippen LogP contribution in [0.5, 0.6) is 0 Å². The summed E-state index contributed by atoms with van der Waals surface area (Å²) in [6.07, 6.45) is 3.30. The van der Waals surface area contributed by atoms with Gasteiger partial charge in [0, 0.05) is 6.08 Å². The van der Waals surface area contributed by atoms with Crippen molar-refractivity contribution in [2.24, 2.45) is 0 Å². The van der Waals surface area contributed by atoms with Crippen LogP contribution < -0.4 is 0 Å². The normalized spacial score (nSPS) is 10.2. The lowest BCUT2D eigenvalue weighted by atomic mass is 10.0. The van der Waals surface area contributed by atoms with Gasteiger partial charge in [0.1, 0.15) is 0 Å². The molecule has 2 aromatic rings. The summed E-state index contributed by atoms with van der Waals surface area (Å²) < 4.78 is 0. The predicted octanol–water partition coefficient (Wildman–Crippen LogP) is 3.89. The topological polar surface area (TPSA) is 23.8 Å². The molecule has 0 aliphatic heterocycles. The first kappa shape index (κ1) is 10.2. The molecular weight excluding hydrogens is 194 g/mol. The minimum absolute atomic E-state index is 1.04. The summed E-state index contributed by atoms with van der Waals surface area (Å²) in [6, 6.07) is 20.3. The molecule has 0 fully saturated rings. The molecule has 0 bridgehead atoms. The van der Waals surface area contributed by atoms with Crippen LogP contribution >= 0.6 is 0 Å². The lowest BCUT2D eigenvalue weighted by molar-refractivity contribution is 1.53. The summed E-state index contributed by atoms with van der Waals surface area (Å²) in [5.41, 5.74) is 3.40. The Hall–Kier alpha value is -2.33. The summed E-state index contributed by atoms with van der Waals surface area (Å²) in [4.78, 5) is 0. The number of nitriles is 1. The largest absolute Gasteiger partial charge is 0.193 e. The van der Waals surface area contributed by atoms with Gasteiger partial charge in [-0.1, -0.05) is 48.5 Å². The zero-order valence-electron chi connectivity index (χ0n) is 8.80. The van der Waals surface area contributed by atoms with E-state index in [1.807, 2.05) is 42.5 Å². The summed E-state index contributed by atoms with van der Waals surface area (Å²) in [5, 5.41) is 8.48. The van der Waals surface area contributed by atoms with Crippen LogP contribution in [0.4, 0.5) is 0 Å². The van der Waals surface area contributed by atoms with Gasteiger partial charge in [-0.3, -0.25) is 0 Å². The quantitative estimate of drug-likeness (QED) is 0.682. The van der Waals surface area contributed by atoms with E-state index in [1.165, 1.54) is 17.2 Å². The van der Waals surface area contributed by atoms with E-state index < -0.39 is 0 Å². The fourth-order valence-electron chi connectivity index (χ4n) is 1.59. The van der Waals surface area contributed by atoms with Crippen molar-refractivity contribution in [1.29, 1.82) is 5.26 Å². The van der Waals surface area contributed by atoms with Crippen LogP contribution in [0.3, 0.4) is 0 Å². The van der Waals surface area contributed by atoms with E-state index in [0.717, 1.165) is 5.56 Å². The number of rotatable bonds is 2. The number of hydrogen-bond acceptors (Lipinski definition) is 1. The molecule has 0 saturated heterocycles. The van der Waals surface area contributed by atoms with Crippen molar-refractivity contribution in [1.82, 2.24) is 0 Å². The number of benzene rings is 2. The van der Waals surface area contributed by atoms with E-state index in [1.54, 1.807) is 0 Å². The fraction of sp³-hybridized carbons (Fsp3) is 0. The van der Waals surface area contributed by atoms with Crippen molar-refractivity contribution >= 4 is 6.08 Å². The van der Waals surface area contributed by atoms with Gasteiger partial charge in [0.05, 0.1) is 6.07 Å². The third-order valence-electron chi connectivity index (χ3n) is 2.34. The Balaban J connectivity index is 2.37. The summed E-state index contributed by atoms with van der Waals surface area (Å²) >= 11 is 0. The van der Waals surface area contributed by atoms with Gasteiger partial charge in [0.2, 0.25) is 0 Å². The van der Waals surface area contributed by atoms with E-state index in [2.05, 4.69) is 24.3 Å². The maximum atomic E-state index is 8.48. The second kappa shape index (κ2) is 4.95. The highest BCUT2D eigenvalue weighted by Gasteiger charge is 1.96. The Bertz CT molecular complexity index is 533. The molecule has 0 saturated carbocycles. The zero-order chi connectivity index (χ0) is 11.2. The highest BCUT2D eigenvalue weighted by atomic mass is 14.2. The van der Waals surface area contributed by atoms with Crippen LogP contribution in [-0.4, -0.2) is 0 Å². The monoisotopic (exact) mass is 205 g/mol. The van der Waals surface area contributed by atoms with Gasteiger partial charge in [-0.2, -0.15) is 5.26 Å². The molecule has 0 aliphatic rings. The molecule has 0 spiro atoms. The molecule has 0 aromatic heterocycles. The standard InChI is InChI=1S/C15H11N/c16-11-5-7-13-6-4-10-15(12-13)14-8-2-1-3-9-14/h1-10,12H. The highest BCUT2D eigenvalue weighted by molar-refractivity contribution is 5.67. The van der Waals surface area contributed by atoms with E-state index in [-0.39, 0.29) is 0 Å². The molecule has 1 nitrogen and oxygen atoms in total. The highest BCUT2D eigenvalue weighted by Crippen LogP contribution is 2.20. The SMILES string of the molecule is N#CC=Cc1cccc(-c2ccccc2)c1. The van der Waals surface area contributed by atoms with Gasteiger partial charge >= 0.3 is 0 Å². The van der Waals surface area contributed by atoms with Crippen LogP contribution in [-0.2, 0) is 0 Å². The number of nitrogens with zero attached hydrogens (tertiary/aromatic N) is 1. The van der Waals surface area contributed by atoms with E-state index >= 15 is 0 Å². The second-order valence-electron chi connectivity index (χ2n) is 3.45. The summed E-state index contributed by atoms with van der Waals surface area (Å²) in [6.45, 7) is 0. The molecular formula is C15H11N. The van der Waals surface area contributed by atoms with Gasteiger partial charge in [-0.25, -0.2) is 0 Å². The van der Waals surface area contributed by atoms with Crippen molar-refractivity contribution in [2.75, 3.05) is 0 Å². The maximum Gasteiger partial charge on any atom is 0.0912 e. The third kappa shape index (κ3) is 2.37. The van der Waals surface area contributed by atoms with Crippen LogP contribution in [0.2, 0.25) is 0 Å². The second-order valence-corrected chi connectivity index (χ2v) is 3.45. The number of allylic oxidation sites excluding steroid dienone is 1. The summed E-state index contributed by atoms with van der Waals surface area (Å²) in [7, 11) is 0. The molecule has 0 N–H and O–H groups in total. The Morgan fingerprint density at radius 2 is 1.62 bits per heavy atom. The van der Waals surface area contributed by atoms with Gasteiger partial charge in [-0.15, -0.1) is 0 Å². The van der Waals surface area contributed by atoms with Gasteiger partial charge < -0.3 is 0 Å². The molecule has 0 aliphatic carbocycles. The minimum atomic E-state index is 1.04. The van der Waals surface area contributed by atoms with Crippen molar-refractivity contribution < 1.29 is 0 Å². The predicted molar refractivity (Wildman–Crippen MR) is 66.5 cm³/mol. The van der Waals surface area contributed by atoms with Gasteiger partial charge in [0.15, 0.2) is 0 Å². The lowest BCUT2D eigenvalue weighted by Crippen LogP contribution is -1.78. The first-order valence-corrected chi connectivity index (χ1v) is 5.12. The molecule has 0 amide bonds. The minimum Gasteiger partial charge on any atom is -0.193 e. The molecule has 0 heterocycles. The molecule has 76 valence electrons. The average Bonchev–Trinajstić information content (AvgIpc) is 2.38. The lowest BCUT2D eigenvalue weighted by Gasteiger charge is -2.02. The van der Waals surface area contributed by atoms with Crippen molar-refractivity contribution in [2.45, 2.75) is 0 Å². The van der Waals surface area contributed by atoms with E-state index in [4.69, 9.17) is 5.26 Å². The summed E-state index contributed by atoms with van der Waals surface area (Å²) in [5.74, 6) is 0. The van der Waals surface area contributed by atoms with Crippen LogP contribution in [0.15, 0.2) is 60.7 Å². The first-order valence-electron chi connectivity index (χ1n) is 5.12. The van der Waals surface area contributed by atoms with E-state index in [9.17, 15) is 0 Å². The first-order chi connectivity index (χ1) is 7.90. The average molecular weight is 205 g/mol. The Morgan fingerprint density at radius 1 is 0.875 bits per heavy atom. The maximum absolute atomic E-state index is 8.48. The molecule has 2 rings (SSSR count). The third-order valence-corrected chi connectivity index (χ3v) is 2.34. The molecule has 0 atom stereocenters. The van der Waals surface area contributed by atoms with Crippen molar-refractivity contribution in [3.8, 4) is 17.2 Å². The van der Waals surface area contributed by atoms with E-state index in [0.29, 0.717) is 0 Å². The van der Waals surface area contributed by atoms with Gasteiger partial charge in [0.25, 0.3) is 0 Å². The zero-order valence-corrected chi connectivity index (χ0v) is 8.80. The molecule has 2 aromatic carbocycles. The Kier molecular flexibility index (Phi) is 3.15. The Morgan fingerprint density at radius 3 is 2.38 bits per heavy atom. The van der Waals surface area contributed by atoms with Crippen LogP contribution in [0, 0.1) is 11.3 Å². The van der Waals surface area contributed by atoms with Gasteiger partial charge in [-0.05, 0) is 28.8 Å². The smallest absolute Gasteiger partial charge is 0.0912 e. The fourth-order valence-corrected chi connectivity index (χ4v) is 1.59. The van der Waals surface area contributed by atoms with Crippen molar-refractivity contribution in [3.05, 3.63) is 66.2 Å². The van der Waals surface area contributed by atoms with Crippen molar-refractivity contribution in [3.63, 3.8) is 0 Å². The molecule has 1 heteroatoms. The van der Waals surface area contributed by atoms with Crippen LogP contribution in [0.1, 0.15) is 5.56 Å². The molecule has 16 heavy (non-hydrogen) atoms. The van der Waals surface area contributed by atoms with Crippen LogP contribution in [0.25, 0.3) is 17.2 Å². The Labute approximate surface area is 95.3 Å². The molecule has 0 radical (unpaired) electrons. The number of hydrogen-bond donors (Lipinski definition) is 0. The molecule has 0 unspecified atom stereocenters.